The molecule has 11 heteroatoms. The number of hydrogen-bond acceptors (Lipinski definition) is 6. The van der Waals surface area contributed by atoms with Crippen LogP contribution in [0.2, 0.25) is 0 Å². The van der Waals surface area contributed by atoms with Crippen molar-refractivity contribution in [2.75, 3.05) is 19.1 Å². The van der Waals surface area contributed by atoms with Gasteiger partial charge in [0.2, 0.25) is 0 Å². The second-order valence-electron chi connectivity index (χ2n) is 7.32. The molecule has 2 rings (SSSR count). The minimum absolute atomic E-state index is 0.0762. The Labute approximate surface area is 190 Å². The predicted octanol–water partition coefficient (Wildman–Crippen LogP) is 3.52. The first kappa shape index (κ1) is 25.7. The van der Waals surface area contributed by atoms with Crippen molar-refractivity contribution in [3.63, 3.8) is 0 Å². The van der Waals surface area contributed by atoms with Gasteiger partial charge >= 0.3 is 12.2 Å². The first-order valence-electron chi connectivity index (χ1n) is 9.81. The van der Waals surface area contributed by atoms with Gasteiger partial charge in [0, 0.05) is 19.7 Å². The highest BCUT2D eigenvalue weighted by Gasteiger charge is 2.33. The van der Waals surface area contributed by atoms with E-state index in [1.54, 1.807) is 31.2 Å². The van der Waals surface area contributed by atoms with Crippen LogP contribution in [-0.4, -0.2) is 37.0 Å². The number of hydrogen-bond donors (Lipinski definition) is 4. The van der Waals surface area contributed by atoms with Crippen LogP contribution < -0.4 is 26.7 Å². The molecule has 0 aromatic heterocycles. The average molecular weight is 464 g/mol. The molecule has 2 aromatic rings. The maximum absolute atomic E-state index is 12.9. The van der Waals surface area contributed by atoms with Gasteiger partial charge in [0.15, 0.2) is 0 Å². The summed E-state index contributed by atoms with van der Waals surface area (Å²) in [6.07, 6.45) is -3.85. The zero-order chi connectivity index (χ0) is 24.9. The van der Waals surface area contributed by atoms with E-state index >= 15 is 0 Å². The van der Waals surface area contributed by atoms with Crippen molar-refractivity contribution in [2.45, 2.75) is 26.6 Å². The van der Waals surface area contributed by atoms with Crippen LogP contribution in [0, 0.1) is 19.3 Å². The molecule has 0 aliphatic heterocycles. The Kier molecular flexibility index (Phi) is 8.07. The minimum Gasteiger partial charge on any atom is -0.489 e. The van der Waals surface area contributed by atoms with E-state index in [0.717, 1.165) is 28.7 Å². The molecular formula is C22H27F3N6O2. The van der Waals surface area contributed by atoms with Gasteiger partial charge in [-0.25, -0.2) is 21.5 Å². The maximum atomic E-state index is 12.9. The molecule has 0 fully saturated rings. The van der Waals surface area contributed by atoms with E-state index in [4.69, 9.17) is 21.8 Å². The Morgan fingerprint density at radius 3 is 2.39 bits per heavy atom. The quantitative estimate of drug-likeness (QED) is 0.216. The standard InChI is InChI=1S/C22H27F3N6O2/c1-13-6-5-7-18(31(28)21(32)30(4)27)16(13)12-33-19-9-8-15(10-14(19)2)17(26)11-20(29-3)22(23,24)25/h5-11,26,29H,12,27-28H2,1-4H3/b20-11-,26-17?. The average Bonchev–Trinajstić information content (AvgIpc) is 2.74. The fourth-order valence-corrected chi connectivity index (χ4v) is 3.03. The van der Waals surface area contributed by atoms with Gasteiger partial charge in [-0.05, 0) is 60.9 Å². The van der Waals surface area contributed by atoms with Crippen LogP contribution in [0.5, 0.6) is 5.75 Å². The normalized spacial score (nSPS) is 11.7. The van der Waals surface area contributed by atoms with E-state index in [0.29, 0.717) is 28.1 Å². The molecule has 0 radical (unpaired) electrons. The third-order valence-electron chi connectivity index (χ3n) is 4.87. The van der Waals surface area contributed by atoms with Crippen molar-refractivity contribution < 1.29 is 22.7 Å². The van der Waals surface area contributed by atoms with Crippen molar-refractivity contribution in [1.82, 2.24) is 10.3 Å². The summed E-state index contributed by atoms with van der Waals surface area (Å²) in [6.45, 7) is 3.64. The number of nitrogens with two attached hydrogens (primary N) is 2. The summed E-state index contributed by atoms with van der Waals surface area (Å²) in [6, 6.07) is 9.29. The van der Waals surface area contributed by atoms with Gasteiger partial charge in [-0.15, -0.1) is 0 Å². The van der Waals surface area contributed by atoms with Crippen molar-refractivity contribution in [3.8, 4) is 5.75 Å². The lowest BCUT2D eigenvalue weighted by atomic mass is 10.0. The number of alkyl halides is 3. The second-order valence-corrected chi connectivity index (χ2v) is 7.32. The fourth-order valence-electron chi connectivity index (χ4n) is 3.03. The molecule has 0 spiro atoms. The number of benzene rings is 2. The number of rotatable bonds is 7. The smallest absolute Gasteiger partial charge is 0.430 e. The monoisotopic (exact) mass is 464 g/mol. The first-order valence-corrected chi connectivity index (χ1v) is 9.81. The Bertz CT molecular complexity index is 1070. The Hall–Kier alpha value is -3.57. The molecule has 0 bridgehead atoms. The number of allylic oxidation sites excluding steroid dienone is 2. The van der Waals surface area contributed by atoms with Crippen molar-refractivity contribution in [3.05, 3.63) is 70.4 Å². The van der Waals surface area contributed by atoms with Gasteiger partial charge < -0.3 is 15.5 Å². The van der Waals surface area contributed by atoms with Crippen LogP contribution >= 0.6 is 0 Å². The SMILES string of the molecule is CN/C(=C\C(=N)c1ccc(OCc2c(C)cccc2N(N)C(=O)N(C)N)c(C)c1)C(F)(F)F. The lowest BCUT2D eigenvalue weighted by molar-refractivity contribution is -0.0958. The van der Waals surface area contributed by atoms with Gasteiger partial charge in [0.1, 0.15) is 18.1 Å². The molecule has 0 saturated heterocycles. The predicted molar refractivity (Wildman–Crippen MR) is 121 cm³/mol. The lowest BCUT2D eigenvalue weighted by Crippen LogP contribution is -2.49. The highest BCUT2D eigenvalue weighted by Crippen LogP contribution is 2.27. The molecule has 2 amide bonds. The number of ether oxygens (including phenoxy) is 1. The van der Waals surface area contributed by atoms with Gasteiger partial charge in [0.25, 0.3) is 0 Å². The van der Waals surface area contributed by atoms with Gasteiger partial charge in [0.05, 0.1) is 11.4 Å². The molecule has 0 unspecified atom stereocenters. The Morgan fingerprint density at radius 2 is 1.85 bits per heavy atom. The lowest BCUT2D eigenvalue weighted by Gasteiger charge is -2.24. The Balaban J connectivity index is 2.25. The first-order chi connectivity index (χ1) is 15.4. The van der Waals surface area contributed by atoms with E-state index in [1.807, 2.05) is 13.0 Å². The topological polar surface area (TPSA) is 121 Å². The van der Waals surface area contributed by atoms with Crippen LogP contribution in [0.15, 0.2) is 48.2 Å². The summed E-state index contributed by atoms with van der Waals surface area (Å²) in [5, 5.41) is 11.9. The number of urea groups is 1. The molecule has 0 heterocycles. The molecule has 0 aliphatic carbocycles. The number of carbonyl (C=O) groups excluding carboxylic acids is 1. The van der Waals surface area contributed by atoms with Crippen LogP contribution in [0.25, 0.3) is 0 Å². The summed E-state index contributed by atoms with van der Waals surface area (Å²) >= 11 is 0. The summed E-state index contributed by atoms with van der Waals surface area (Å²) in [5.41, 5.74) is 1.54. The van der Waals surface area contributed by atoms with Crippen LogP contribution in [0.4, 0.5) is 23.7 Å². The number of nitrogens with one attached hydrogen (secondary N) is 2. The molecule has 0 aliphatic rings. The highest BCUT2D eigenvalue weighted by atomic mass is 19.4. The van der Waals surface area contributed by atoms with Crippen LogP contribution in [-0.2, 0) is 6.61 Å². The zero-order valence-corrected chi connectivity index (χ0v) is 18.7. The highest BCUT2D eigenvalue weighted by molar-refractivity contribution is 6.07. The van der Waals surface area contributed by atoms with E-state index in [1.165, 1.54) is 13.1 Å². The third-order valence-corrected chi connectivity index (χ3v) is 4.87. The third kappa shape index (κ3) is 6.24. The number of carbonyl (C=O) groups is 1. The Morgan fingerprint density at radius 1 is 1.18 bits per heavy atom. The minimum atomic E-state index is -4.58. The molecule has 0 atom stereocenters. The molecule has 6 N–H and O–H groups in total. The van der Waals surface area contributed by atoms with Crippen molar-refractivity contribution in [1.29, 1.82) is 5.41 Å². The van der Waals surface area contributed by atoms with E-state index in [2.05, 4.69) is 5.32 Å². The van der Waals surface area contributed by atoms with Gasteiger partial charge in [-0.1, -0.05) is 12.1 Å². The fraction of sp³-hybridized carbons (Fsp3) is 0.273. The number of anilines is 1. The number of hydrazine groups is 2. The summed E-state index contributed by atoms with van der Waals surface area (Å²) in [5.74, 6) is 11.9. The summed E-state index contributed by atoms with van der Waals surface area (Å²) in [4.78, 5) is 12.2. The molecule has 33 heavy (non-hydrogen) atoms. The summed E-state index contributed by atoms with van der Waals surface area (Å²) in [7, 11) is 2.52. The van der Waals surface area contributed by atoms with E-state index < -0.39 is 17.9 Å². The largest absolute Gasteiger partial charge is 0.489 e. The van der Waals surface area contributed by atoms with E-state index in [9.17, 15) is 18.0 Å². The maximum Gasteiger partial charge on any atom is 0.430 e. The molecule has 8 nitrogen and oxygen atoms in total. The molecule has 178 valence electrons. The van der Waals surface area contributed by atoms with Crippen LogP contribution in [0.3, 0.4) is 0 Å². The number of halogens is 3. The van der Waals surface area contributed by atoms with Crippen molar-refractivity contribution in [2.24, 2.45) is 11.7 Å². The van der Waals surface area contributed by atoms with E-state index in [-0.39, 0.29) is 12.3 Å². The van der Waals surface area contributed by atoms with Crippen LogP contribution in [0.1, 0.15) is 22.3 Å². The molecular weight excluding hydrogens is 437 g/mol. The van der Waals surface area contributed by atoms with Gasteiger partial charge in [-0.3, -0.25) is 5.01 Å². The molecule has 2 aromatic carbocycles. The number of nitrogens with zero attached hydrogens (tertiary/aromatic N) is 2. The van der Waals surface area contributed by atoms with Gasteiger partial charge in [-0.2, -0.15) is 13.2 Å². The molecule has 0 saturated carbocycles. The zero-order valence-electron chi connectivity index (χ0n) is 18.7. The summed E-state index contributed by atoms with van der Waals surface area (Å²) < 4.78 is 44.7. The number of amides is 2. The van der Waals surface area contributed by atoms with Crippen molar-refractivity contribution >= 4 is 17.4 Å². The number of aryl methyl sites for hydroxylation is 2. The second kappa shape index (κ2) is 10.4.